The first-order valence-electron chi connectivity index (χ1n) is 11.0. The summed E-state index contributed by atoms with van der Waals surface area (Å²) in [6.07, 6.45) is 0. The molecule has 0 aliphatic heterocycles. The van der Waals surface area contributed by atoms with E-state index in [1.54, 1.807) is 0 Å². The molecule has 0 amide bonds. The van der Waals surface area contributed by atoms with Gasteiger partial charge in [-0.05, 0) is 81.4 Å². The van der Waals surface area contributed by atoms with Crippen molar-refractivity contribution >= 4 is 21.0 Å². The molecule has 8 heteroatoms. The van der Waals surface area contributed by atoms with Crippen molar-refractivity contribution in [1.82, 2.24) is 0 Å². The summed E-state index contributed by atoms with van der Waals surface area (Å²) >= 11 is 0. The molecule has 0 atom stereocenters. The largest absolute Gasteiger partial charge is 0.744 e. The van der Waals surface area contributed by atoms with E-state index in [1.807, 2.05) is 0 Å². The SMILES string of the molecule is CC(C)(C)Oc1ccc([S+](c2ccccc2)c2ccccc2)cc1.O=S(=O)([O-])c1ccc(F)cc1F. The van der Waals surface area contributed by atoms with Gasteiger partial charge < -0.3 is 9.29 Å². The summed E-state index contributed by atoms with van der Waals surface area (Å²) in [5, 5.41) is 0. The number of benzene rings is 4. The molecule has 0 spiro atoms. The lowest BCUT2D eigenvalue weighted by Crippen LogP contribution is -2.22. The van der Waals surface area contributed by atoms with E-state index in [0.29, 0.717) is 18.2 Å². The molecule has 4 rings (SSSR count). The smallest absolute Gasteiger partial charge is 0.166 e. The molecule has 4 nitrogen and oxygen atoms in total. The molecular formula is C28H26F2O4S2. The quantitative estimate of drug-likeness (QED) is 0.210. The first-order chi connectivity index (χ1) is 16.9. The van der Waals surface area contributed by atoms with Crippen LogP contribution in [0.15, 0.2) is 123 Å². The van der Waals surface area contributed by atoms with Crippen molar-refractivity contribution < 1.29 is 26.5 Å². The highest BCUT2D eigenvalue weighted by Gasteiger charge is 2.28. The van der Waals surface area contributed by atoms with Gasteiger partial charge >= 0.3 is 0 Å². The molecule has 188 valence electrons. The van der Waals surface area contributed by atoms with E-state index >= 15 is 0 Å². The summed E-state index contributed by atoms with van der Waals surface area (Å²) in [6, 6.07) is 31.5. The number of ether oxygens (including phenoxy) is 1. The van der Waals surface area contributed by atoms with Gasteiger partial charge in [-0.25, -0.2) is 17.2 Å². The van der Waals surface area contributed by atoms with Crippen molar-refractivity contribution in [2.75, 3.05) is 0 Å². The zero-order chi connectivity index (χ0) is 26.3. The summed E-state index contributed by atoms with van der Waals surface area (Å²) in [5.74, 6) is -1.39. The molecule has 0 N–H and O–H groups in total. The van der Waals surface area contributed by atoms with E-state index in [-0.39, 0.29) is 16.5 Å². The van der Waals surface area contributed by atoms with Crippen LogP contribution in [0.3, 0.4) is 0 Å². The predicted molar refractivity (Wildman–Crippen MR) is 136 cm³/mol. The van der Waals surface area contributed by atoms with E-state index in [4.69, 9.17) is 4.74 Å². The molecule has 4 aromatic carbocycles. The Balaban J connectivity index is 0.000000253. The molecule has 0 fully saturated rings. The molecule has 0 bridgehead atoms. The van der Waals surface area contributed by atoms with Crippen molar-refractivity contribution in [1.29, 1.82) is 0 Å². The molecule has 0 unspecified atom stereocenters. The van der Waals surface area contributed by atoms with Crippen LogP contribution >= 0.6 is 0 Å². The van der Waals surface area contributed by atoms with Crippen LogP contribution in [0.25, 0.3) is 0 Å². The van der Waals surface area contributed by atoms with Gasteiger partial charge in [0.2, 0.25) is 0 Å². The van der Waals surface area contributed by atoms with E-state index in [9.17, 15) is 21.8 Å². The zero-order valence-corrected chi connectivity index (χ0v) is 21.7. The van der Waals surface area contributed by atoms with Crippen LogP contribution in [-0.2, 0) is 21.0 Å². The highest BCUT2D eigenvalue weighted by molar-refractivity contribution is 7.97. The topological polar surface area (TPSA) is 66.4 Å². The molecular weight excluding hydrogens is 502 g/mol. The van der Waals surface area contributed by atoms with Crippen LogP contribution in [0.4, 0.5) is 8.78 Å². The van der Waals surface area contributed by atoms with E-state index in [0.717, 1.165) is 5.75 Å². The lowest BCUT2D eigenvalue weighted by atomic mass is 10.2. The average molecular weight is 529 g/mol. The predicted octanol–water partition coefficient (Wildman–Crippen LogP) is 6.83. The van der Waals surface area contributed by atoms with Crippen LogP contribution in [0.5, 0.6) is 5.75 Å². The minimum Gasteiger partial charge on any atom is -0.744 e. The Bertz CT molecular complexity index is 1330. The Morgan fingerprint density at radius 3 is 1.61 bits per heavy atom. The lowest BCUT2D eigenvalue weighted by molar-refractivity contribution is 0.131. The van der Waals surface area contributed by atoms with Gasteiger partial charge in [-0.3, -0.25) is 0 Å². The van der Waals surface area contributed by atoms with Crippen LogP contribution in [0.2, 0.25) is 0 Å². The Kier molecular flexibility index (Phi) is 8.89. The van der Waals surface area contributed by atoms with Crippen LogP contribution in [0.1, 0.15) is 20.8 Å². The molecule has 0 radical (unpaired) electrons. The van der Waals surface area contributed by atoms with Crippen LogP contribution in [0, 0.1) is 11.6 Å². The summed E-state index contributed by atoms with van der Waals surface area (Å²) in [6.45, 7) is 6.21. The second kappa shape index (κ2) is 11.7. The van der Waals surface area contributed by atoms with Gasteiger partial charge in [-0.1, -0.05) is 36.4 Å². The molecule has 0 heterocycles. The van der Waals surface area contributed by atoms with Gasteiger partial charge in [-0.2, -0.15) is 0 Å². The van der Waals surface area contributed by atoms with Gasteiger partial charge in [0.25, 0.3) is 0 Å². The summed E-state index contributed by atoms with van der Waals surface area (Å²) in [4.78, 5) is 2.92. The monoisotopic (exact) mass is 528 g/mol. The van der Waals surface area contributed by atoms with Gasteiger partial charge in [0.05, 0.1) is 15.8 Å². The third-order valence-corrected chi connectivity index (χ3v) is 7.71. The van der Waals surface area contributed by atoms with Gasteiger partial charge in [0.15, 0.2) is 14.7 Å². The van der Waals surface area contributed by atoms with E-state index in [2.05, 4.69) is 106 Å². The Hall–Kier alpha value is -3.20. The minimum atomic E-state index is -4.84. The maximum Gasteiger partial charge on any atom is 0.166 e. The average Bonchev–Trinajstić information content (AvgIpc) is 2.80. The second-order valence-electron chi connectivity index (χ2n) is 8.65. The maximum atomic E-state index is 12.5. The molecule has 0 saturated heterocycles. The van der Waals surface area contributed by atoms with Crippen molar-refractivity contribution in [2.45, 2.75) is 46.0 Å². The first kappa shape index (κ1) is 27.4. The Labute approximate surface area is 213 Å². The van der Waals surface area contributed by atoms with Crippen molar-refractivity contribution in [3.63, 3.8) is 0 Å². The van der Waals surface area contributed by atoms with E-state index < -0.39 is 26.6 Å². The first-order valence-corrected chi connectivity index (χ1v) is 13.6. The number of hydrogen-bond donors (Lipinski definition) is 0. The highest BCUT2D eigenvalue weighted by Crippen LogP contribution is 2.32. The molecule has 36 heavy (non-hydrogen) atoms. The lowest BCUT2D eigenvalue weighted by Gasteiger charge is -2.21. The molecule has 0 aromatic heterocycles. The standard InChI is InChI=1S/C22H23OS.C6H4F2O3S/c1-22(2,3)23-18-14-16-21(17-15-18)24(19-10-6-4-7-11-19)20-12-8-5-9-13-20;7-4-1-2-6(5(8)3-4)12(9,10)11/h4-17H,1-3H3;1-3H,(H,9,10,11)/q+1;/p-1. The van der Waals surface area contributed by atoms with Crippen LogP contribution < -0.4 is 4.74 Å². The molecule has 4 aromatic rings. The fourth-order valence-corrected chi connectivity index (χ4v) is 5.81. The maximum absolute atomic E-state index is 12.5. The van der Waals surface area contributed by atoms with Gasteiger partial charge in [-0.15, -0.1) is 0 Å². The normalized spacial score (nSPS) is 11.5. The van der Waals surface area contributed by atoms with Crippen molar-refractivity contribution in [2.24, 2.45) is 0 Å². The Morgan fingerprint density at radius 1 is 0.722 bits per heavy atom. The Morgan fingerprint density at radius 2 is 1.19 bits per heavy atom. The van der Waals surface area contributed by atoms with Gasteiger partial charge in [0, 0.05) is 6.07 Å². The summed E-state index contributed by atoms with van der Waals surface area (Å²) in [5.41, 5.74) is -0.179. The fraction of sp³-hybridized carbons (Fsp3) is 0.143. The summed E-state index contributed by atoms with van der Waals surface area (Å²) in [7, 11) is -4.94. The van der Waals surface area contributed by atoms with Crippen molar-refractivity contribution in [3.05, 3.63) is 115 Å². The third-order valence-electron chi connectivity index (χ3n) is 4.60. The number of halogens is 2. The van der Waals surface area contributed by atoms with Gasteiger partial charge in [0.1, 0.15) is 33.1 Å². The fourth-order valence-electron chi connectivity index (χ4n) is 3.20. The highest BCUT2D eigenvalue weighted by atomic mass is 32.2. The van der Waals surface area contributed by atoms with Crippen molar-refractivity contribution in [3.8, 4) is 5.75 Å². The zero-order valence-electron chi connectivity index (χ0n) is 20.0. The number of rotatable bonds is 5. The minimum absolute atomic E-state index is 0.102. The third kappa shape index (κ3) is 7.91. The molecule has 0 aliphatic carbocycles. The van der Waals surface area contributed by atoms with Crippen LogP contribution in [-0.4, -0.2) is 18.6 Å². The van der Waals surface area contributed by atoms with E-state index in [1.165, 1.54) is 14.7 Å². The molecule has 0 aliphatic rings. The summed E-state index contributed by atoms with van der Waals surface area (Å²) < 4.78 is 61.4. The number of hydrogen-bond acceptors (Lipinski definition) is 4. The second-order valence-corrected chi connectivity index (χ2v) is 12.0. The molecule has 0 saturated carbocycles.